The minimum atomic E-state index is -5.10. The highest BCUT2D eigenvalue weighted by molar-refractivity contribution is 7.18. The van der Waals surface area contributed by atoms with E-state index in [0.717, 1.165) is 21.8 Å². The molecule has 0 aliphatic heterocycles. The number of fused-ring (bicyclic) bond motifs is 1. The number of hydrogen-bond donors (Lipinski definition) is 2. The van der Waals surface area contributed by atoms with Gasteiger partial charge in [0, 0.05) is 17.5 Å². The van der Waals surface area contributed by atoms with Crippen LogP contribution in [0.5, 0.6) is 5.75 Å². The van der Waals surface area contributed by atoms with Gasteiger partial charge in [-0.2, -0.15) is 13.2 Å². The van der Waals surface area contributed by atoms with Gasteiger partial charge in [0.05, 0.1) is 23.7 Å². The van der Waals surface area contributed by atoms with Gasteiger partial charge < -0.3 is 15.2 Å². The summed E-state index contributed by atoms with van der Waals surface area (Å²) >= 11 is 1.85. The first-order valence-corrected chi connectivity index (χ1v) is 11.3. The number of alkyl halides is 3. The van der Waals surface area contributed by atoms with Crippen LogP contribution in [-0.2, 0) is 16.8 Å². The molecule has 4 rings (SSSR count). The molecule has 1 amide bonds. The molecule has 0 unspecified atom stereocenters. The number of para-hydroxylation sites is 1. The molecule has 0 spiro atoms. The van der Waals surface area contributed by atoms with E-state index in [9.17, 15) is 23.1 Å². The number of aromatic nitrogens is 2. The zero-order chi connectivity index (χ0) is 23.6. The maximum Gasteiger partial charge on any atom is 0.424 e. The first-order valence-electron chi connectivity index (χ1n) is 9.70. The topological polar surface area (TPSA) is 84.3 Å². The van der Waals surface area contributed by atoms with Crippen LogP contribution in [0, 0.1) is 0 Å². The van der Waals surface area contributed by atoms with Crippen LogP contribution < -0.4 is 10.1 Å². The standard InChI is InChI=1S/C22H18F3N3O3S2/c1-31-14-6-4-5-13(9-14)10-15-12-26-20(32-15)28-18(29)11-21(30,22(23,24)25)19-27-16-7-2-3-8-17(16)33-19/h2-9,12,30H,10-11H2,1H3,(H,26,28,29)/t21-/m1/s1. The molecule has 172 valence electrons. The Morgan fingerprint density at radius 1 is 1.15 bits per heavy atom. The Bertz CT molecular complexity index is 1260. The van der Waals surface area contributed by atoms with E-state index in [1.165, 1.54) is 0 Å². The molecule has 0 saturated heterocycles. The fourth-order valence-electron chi connectivity index (χ4n) is 3.17. The fourth-order valence-corrected chi connectivity index (χ4v) is 5.11. The number of ether oxygens (including phenoxy) is 1. The Labute approximate surface area is 194 Å². The Morgan fingerprint density at radius 2 is 1.94 bits per heavy atom. The number of halogens is 3. The molecule has 2 heterocycles. The molecule has 0 aliphatic carbocycles. The van der Waals surface area contributed by atoms with Crippen molar-refractivity contribution in [3.05, 3.63) is 70.2 Å². The summed E-state index contributed by atoms with van der Waals surface area (Å²) in [5.74, 6) is -0.316. The third-order valence-electron chi connectivity index (χ3n) is 4.85. The number of thiazole rings is 2. The molecule has 33 heavy (non-hydrogen) atoms. The third kappa shape index (κ3) is 5.00. The van der Waals surface area contributed by atoms with Crippen molar-refractivity contribution in [2.75, 3.05) is 12.4 Å². The van der Waals surface area contributed by atoms with Crippen LogP contribution in [0.15, 0.2) is 54.7 Å². The number of aliphatic hydroxyl groups is 1. The summed E-state index contributed by atoms with van der Waals surface area (Å²) in [5, 5.41) is 12.5. The summed E-state index contributed by atoms with van der Waals surface area (Å²) in [6, 6.07) is 13.9. The molecule has 1 atom stereocenters. The molecule has 6 nitrogen and oxygen atoms in total. The highest BCUT2D eigenvalue weighted by Crippen LogP contribution is 2.44. The highest BCUT2D eigenvalue weighted by atomic mass is 32.1. The lowest BCUT2D eigenvalue weighted by molar-refractivity contribution is -0.266. The van der Waals surface area contributed by atoms with Gasteiger partial charge in [-0.25, -0.2) is 9.97 Å². The molecule has 0 bridgehead atoms. The van der Waals surface area contributed by atoms with Crippen molar-refractivity contribution >= 4 is 43.9 Å². The lowest BCUT2D eigenvalue weighted by Crippen LogP contribution is -2.45. The molecule has 4 aromatic rings. The molecule has 0 saturated carbocycles. The van der Waals surface area contributed by atoms with Crippen molar-refractivity contribution < 1.29 is 27.8 Å². The minimum absolute atomic E-state index is 0.145. The summed E-state index contributed by atoms with van der Waals surface area (Å²) in [4.78, 5) is 21.3. The minimum Gasteiger partial charge on any atom is -0.497 e. The lowest BCUT2D eigenvalue weighted by Gasteiger charge is -2.27. The van der Waals surface area contributed by atoms with Crippen LogP contribution in [0.1, 0.15) is 21.9 Å². The fraction of sp³-hybridized carbons (Fsp3) is 0.227. The van der Waals surface area contributed by atoms with Gasteiger partial charge in [0.1, 0.15) is 10.8 Å². The predicted octanol–water partition coefficient (Wildman–Crippen LogP) is 5.13. The van der Waals surface area contributed by atoms with Crippen molar-refractivity contribution in [2.24, 2.45) is 0 Å². The second kappa shape index (κ2) is 9.08. The van der Waals surface area contributed by atoms with E-state index in [4.69, 9.17) is 4.74 Å². The van der Waals surface area contributed by atoms with Gasteiger partial charge in [0.2, 0.25) is 11.5 Å². The van der Waals surface area contributed by atoms with Gasteiger partial charge in [-0.15, -0.1) is 22.7 Å². The van der Waals surface area contributed by atoms with Gasteiger partial charge in [0.15, 0.2) is 5.13 Å². The molecular weight excluding hydrogens is 475 g/mol. The van der Waals surface area contributed by atoms with Crippen LogP contribution in [0.4, 0.5) is 18.3 Å². The number of nitrogens with zero attached hydrogens (tertiary/aromatic N) is 2. The average molecular weight is 494 g/mol. The monoisotopic (exact) mass is 493 g/mol. The second-order valence-corrected chi connectivity index (χ2v) is 9.38. The van der Waals surface area contributed by atoms with Crippen molar-refractivity contribution in [3.63, 3.8) is 0 Å². The quantitative estimate of drug-likeness (QED) is 0.373. The van der Waals surface area contributed by atoms with Crippen molar-refractivity contribution in [1.82, 2.24) is 9.97 Å². The maximum absolute atomic E-state index is 13.8. The molecular formula is C22H18F3N3O3S2. The van der Waals surface area contributed by atoms with Gasteiger partial charge in [-0.1, -0.05) is 24.3 Å². The summed E-state index contributed by atoms with van der Waals surface area (Å²) in [6.45, 7) is 0. The number of methoxy groups -OCH3 is 1. The molecule has 2 N–H and O–H groups in total. The lowest BCUT2D eigenvalue weighted by atomic mass is 9.99. The average Bonchev–Trinajstić information content (AvgIpc) is 3.39. The highest BCUT2D eigenvalue weighted by Gasteiger charge is 2.58. The first-order chi connectivity index (χ1) is 15.7. The van der Waals surface area contributed by atoms with Crippen molar-refractivity contribution in [3.8, 4) is 5.75 Å². The Balaban J connectivity index is 1.49. The number of nitrogens with one attached hydrogen (secondary N) is 1. The number of benzene rings is 2. The SMILES string of the molecule is COc1cccc(Cc2cnc(NC(=O)C[C@@](O)(c3nc4ccccc4s3)C(F)(F)F)s2)c1. The number of rotatable bonds is 7. The van der Waals surface area contributed by atoms with Crippen molar-refractivity contribution in [1.29, 1.82) is 0 Å². The van der Waals surface area contributed by atoms with Crippen LogP contribution in [0.3, 0.4) is 0 Å². The van der Waals surface area contributed by atoms with E-state index in [1.54, 1.807) is 37.6 Å². The number of amides is 1. The van der Waals surface area contributed by atoms with Gasteiger partial charge in [-0.05, 0) is 29.8 Å². The third-order valence-corrected chi connectivity index (χ3v) is 6.95. The van der Waals surface area contributed by atoms with E-state index in [-0.39, 0.29) is 5.13 Å². The summed E-state index contributed by atoms with van der Waals surface area (Å²) in [7, 11) is 1.57. The second-order valence-electron chi connectivity index (χ2n) is 7.23. The molecule has 0 aliphatic rings. The van der Waals surface area contributed by atoms with Crippen molar-refractivity contribution in [2.45, 2.75) is 24.6 Å². The zero-order valence-electron chi connectivity index (χ0n) is 17.2. The molecule has 2 aromatic heterocycles. The predicted molar refractivity (Wildman–Crippen MR) is 121 cm³/mol. The molecule has 0 fully saturated rings. The van der Waals surface area contributed by atoms with E-state index < -0.39 is 29.1 Å². The zero-order valence-corrected chi connectivity index (χ0v) is 18.9. The number of hydrogen-bond acceptors (Lipinski definition) is 7. The van der Waals surface area contributed by atoms with E-state index in [1.807, 2.05) is 24.3 Å². The molecule has 2 aromatic carbocycles. The number of carbonyl (C=O) groups excluding carboxylic acids is 1. The van der Waals surface area contributed by atoms with Gasteiger partial charge >= 0.3 is 6.18 Å². The molecule has 11 heteroatoms. The van der Waals surface area contributed by atoms with Crippen LogP contribution >= 0.6 is 22.7 Å². The first kappa shape index (κ1) is 23.1. The van der Waals surface area contributed by atoms with E-state index in [2.05, 4.69) is 15.3 Å². The van der Waals surface area contributed by atoms with E-state index in [0.29, 0.717) is 33.7 Å². The normalized spacial score (nSPS) is 13.6. The smallest absolute Gasteiger partial charge is 0.424 e. The van der Waals surface area contributed by atoms with Gasteiger partial charge in [-0.3, -0.25) is 4.79 Å². The number of carbonyl (C=O) groups is 1. The largest absolute Gasteiger partial charge is 0.497 e. The van der Waals surface area contributed by atoms with Gasteiger partial charge in [0.25, 0.3) is 0 Å². The van der Waals surface area contributed by atoms with Crippen LogP contribution in [0.25, 0.3) is 10.2 Å². The Kier molecular flexibility index (Phi) is 6.37. The Hall–Kier alpha value is -3.02. The summed E-state index contributed by atoms with van der Waals surface area (Å²) in [6.07, 6.45) is -4.27. The van der Waals surface area contributed by atoms with Crippen LogP contribution in [-0.4, -0.2) is 34.3 Å². The summed E-state index contributed by atoms with van der Waals surface area (Å²) in [5.41, 5.74) is -2.14. The maximum atomic E-state index is 13.8. The summed E-state index contributed by atoms with van der Waals surface area (Å²) < 4.78 is 47.2. The number of anilines is 1. The van der Waals surface area contributed by atoms with Crippen LogP contribution in [0.2, 0.25) is 0 Å². The molecule has 0 radical (unpaired) electrons. The Morgan fingerprint density at radius 3 is 2.67 bits per heavy atom. The van der Waals surface area contributed by atoms with E-state index >= 15 is 0 Å².